The molecule has 0 saturated carbocycles. The molecule has 2 aromatic rings. The fourth-order valence-electron chi connectivity index (χ4n) is 2.41. The molecule has 1 aromatic carbocycles. The first-order valence-corrected chi connectivity index (χ1v) is 7.93. The Hall–Kier alpha value is -2.70. The minimum atomic E-state index is -0.582. The third kappa shape index (κ3) is 3.45. The second-order valence-electron chi connectivity index (χ2n) is 6.08. The van der Waals surface area contributed by atoms with Crippen LogP contribution < -0.4 is 5.32 Å². The molecule has 126 valence electrons. The topological polar surface area (TPSA) is 89.6 Å². The van der Waals surface area contributed by atoms with Gasteiger partial charge in [-0.3, -0.25) is 4.79 Å². The number of carbonyl (C=O) groups is 1. The van der Waals surface area contributed by atoms with Gasteiger partial charge in [0.2, 0.25) is 17.8 Å². The molecular formula is C17H20N4O3. The lowest BCUT2D eigenvalue weighted by Gasteiger charge is -2.07. The molecule has 1 N–H and O–H groups in total. The molecule has 0 fully saturated rings. The number of amides is 1. The lowest BCUT2D eigenvalue weighted by molar-refractivity contribution is -0.131. The monoisotopic (exact) mass is 328 g/mol. The molecule has 24 heavy (non-hydrogen) atoms. The summed E-state index contributed by atoms with van der Waals surface area (Å²) in [6.45, 7) is 6.19. The number of nitrogens with one attached hydrogen (secondary N) is 1. The van der Waals surface area contributed by atoms with E-state index in [1.54, 1.807) is 0 Å². The van der Waals surface area contributed by atoms with Crippen LogP contribution in [0.25, 0.3) is 11.4 Å². The summed E-state index contributed by atoms with van der Waals surface area (Å²) in [5.41, 5.74) is 2.87. The van der Waals surface area contributed by atoms with E-state index in [9.17, 15) is 4.79 Å². The van der Waals surface area contributed by atoms with Crippen molar-refractivity contribution < 1.29 is 14.2 Å². The summed E-state index contributed by atoms with van der Waals surface area (Å²) in [6.07, 6.45) is -0.0666. The maximum absolute atomic E-state index is 12.1. The third-order valence-corrected chi connectivity index (χ3v) is 3.92. The zero-order chi connectivity index (χ0) is 17.1. The van der Waals surface area contributed by atoms with Gasteiger partial charge in [-0.15, -0.1) is 0 Å². The Morgan fingerprint density at radius 1 is 1.38 bits per heavy atom. The average molecular weight is 328 g/mol. The van der Waals surface area contributed by atoms with Gasteiger partial charge in [0.25, 0.3) is 5.91 Å². The summed E-state index contributed by atoms with van der Waals surface area (Å²) < 4.78 is 5.20. The van der Waals surface area contributed by atoms with E-state index in [1.807, 2.05) is 45.0 Å². The Balaban J connectivity index is 1.57. The standard InChI is InChI=1S/C17H20N4O3/c1-10(2)13-8-14(23-20-13)17(22)18-9-15-19-16(21-24-15)12-7-5-4-6-11(12)3/h4-7,10,14H,8-9H2,1-3H3,(H,18,22). The van der Waals surface area contributed by atoms with Gasteiger partial charge in [-0.05, 0) is 18.4 Å². The van der Waals surface area contributed by atoms with Gasteiger partial charge in [-0.25, -0.2) is 0 Å². The summed E-state index contributed by atoms with van der Waals surface area (Å²) in [7, 11) is 0. The van der Waals surface area contributed by atoms with Crippen molar-refractivity contribution in [2.24, 2.45) is 11.1 Å². The van der Waals surface area contributed by atoms with E-state index in [0.29, 0.717) is 18.1 Å². The van der Waals surface area contributed by atoms with Gasteiger partial charge >= 0.3 is 0 Å². The predicted octanol–water partition coefficient (Wildman–Crippen LogP) is 2.46. The molecule has 7 nitrogen and oxygen atoms in total. The summed E-state index contributed by atoms with van der Waals surface area (Å²) in [6, 6.07) is 7.79. The van der Waals surface area contributed by atoms with Crippen molar-refractivity contribution in [2.45, 2.75) is 39.8 Å². The maximum atomic E-state index is 12.1. The van der Waals surface area contributed by atoms with Gasteiger partial charge in [0.05, 0.1) is 12.3 Å². The lowest BCUT2D eigenvalue weighted by atomic mass is 10.0. The van der Waals surface area contributed by atoms with Crippen molar-refractivity contribution >= 4 is 11.6 Å². The molecular weight excluding hydrogens is 308 g/mol. The molecule has 1 unspecified atom stereocenters. The summed E-state index contributed by atoms with van der Waals surface area (Å²) in [5.74, 6) is 0.907. The molecule has 2 heterocycles. The van der Waals surface area contributed by atoms with Gasteiger partial charge in [0, 0.05) is 12.0 Å². The van der Waals surface area contributed by atoms with Crippen molar-refractivity contribution in [3.8, 4) is 11.4 Å². The Morgan fingerprint density at radius 3 is 2.88 bits per heavy atom. The van der Waals surface area contributed by atoms with Gasteiger partial charge in [-0.2, -0.15) is 4.98 Å². The Labute approximate surface area is 140 Å². The van der Waals surface area contributed by atoms with E-state index in [-0.39, 0.29) is 18.4 Å². The van der Waals surface area contributed by atoms with E-state index >= 15 is 0 Å². The minimum Gasteiger partial charge on any atom is -0.382 e. The molecule has 3 rings (SSSR count). The number of hydrogen-bond acceptors (Lipinski definition) is 6. The average Bonchev–Trinajstić information content (AvgIpc) is 3.22. The number of carbonyl (C=O) groups excluding carboxylic acids is 1. The molecule has 1 atom stereocenters. The highest BCUT2D eigenvalue weighted by atomic mass is 16.6. The Kier molecular flexibility index (Phi) is 4.59. The Morgan fingerprint density at radius 2 is 2.17 bits per heavy atom. The zero-order valence-electron chi connectivity index (χ0n) is 13.9. The number of rotatable bonds is 5. The van der Waals surface area contributed by atoms with Crippen LogP contribution in [0.1, 0.15) is 31.7 Å². The molecule has 1 aliphatic heterocycles. The maximum Gasteiger partial charge on any atom is 0.264 e. The quantitative estimate of drug-likeness (QED) is 0.910. The molecule has 0 radical (unpaired) electrons. The third-order valence-electron chi connectivity index (χ3n) is 3.92. The van der Waals surface area contributed by atoms with Crippen LogP contribution in [0.4, 0.5) is 0 Å². The number of aryl methyl sites for hydroxylation is 1. The van der Waals surface area contributed by atoms with Crippen molar-refractivity contribution in [3.63, 3.8) is 0 Å². The van der Waals surface area contributed by atoms with Gasteiger partial charge < -0.3 is 14.7 Å². The normalized spacial score (nSPS) is 16.8. The predicted molar refractivity (Wildman–Crippen MR) is 88.1 cm³/mol. The number of nitrogens with zero attached hydrogens (tertiary/aromatic N) is 3. The SMILES string of the molecule is Cc1ccccc1-c1noc(CNC(=O)C2CC(C(C)C)=NO2)n1. The number of oxime groups is 1. The molecule has 7 heteroatoms. The molecule has 1 aliphatic rings. The Bertz CT molecular complexity index is 767. The van der Waals surface area contributed by atoms with E-state index in [4.69, 9.17) is 9.36 Å². The highest BCUT2D eigenvalue weighted by Crippen LogP contribution is 2.20. The van der Waals surface area contributed by atoms with Crippen LogP contribution in [0.5, 0.6) is 0 Å². The van der Waals surface area contributed by atoms with Crippen LogP contribution in [0.3, 0.4) is 0 Å². The summed E-state index contributed by atoms with van der Waals surface area (Å²) in [4.78, 5) is 21.6. The fourth-order valence-corrected chi connectivity index (χ4v) is 2.41. The van der Waals surface area contributed by atoms with E-state index in [1.165, 1.54) is 0 Å². The second kappa shape index (κ2) is 6.82. The zero-order valence-corrected chi connectivity index (χ0v) is 13.9. The first-order chi connectivity index (χ1) is 11.5. The molecule has 0 saturated heterocycles. The fraction of sp³-hybridized carbons (Fsp3) is 0.412. The smallest absolute Gasteiger partial charge is 0.264 e. The van der Waals surface area contributed by atoms with Crippen molar-refractivity contribution in [1.29, 1.82) is 0 Å². The van der Waals surface area contributed by atoms with E-state index < -0.39 is 6.10 Å². The largest absolute Gasteiger partial charge is 0.382 e. The van der Waals surface area contributed by atoms with Crippen LogP contribution >= 0.6 is 0 Å². The van der Waals surface area contributed by atoms with Gasteiger partial charge in [-0.1, -0.05) is 48.4 Å². The van der Waals surface area contributed by atoms with Crippen LogP contribution in [0.15, 0.2) is 33.9 Å². The highest BCUT2D eigenvalue weighted by molar-refractivity contribution is 5.93. The minimum absolute atomic E-state index is 0.161. The lowest BCUT2D eigenvalue weighted by Crippen LogP contribution is -2.34. The van der Waals surface area contributed by atoms with Crippen LogP contribution in [-0.4, -0.2) is 27.9 Å². The van der Waals surface area contributed by atoms with Gasteiger partial charge in [0.1, 0.15) is 0 Å². The number of aromatic nitrogens is 2. The van der Waals surface area contributed by atoms with Crippen LogP contribution in [0, 0.1) is 12.8 Å². The molecule has 0 aliphatic carbocycles. The summed E-state index contributed by atoms with van der Waals surface area (Å²) >= 11 is 0. The highest BCUT2D eigenvalue weighted by Gasteiger charge is 2.29. The number of benzene rings is 1. The van der Waals surface area contributed by atoms with Crippen molar-refractivity contribution in [1.82, 2.24) is 15.5 Å². The second-order valence-corrected chi connectivity index (χ2v) is 6.08. The van der Waals surface area contributed by atoms with E-state index in [0.717, 1.165) is 16.8 Å². The number of hydrogen-bond donors (Lipinski definition) is 1. The first kappa shape index (κ1) is 16.2. The van der Waals surface area contributed by atoms with Crippen LogP contribution in [-0.2, 0) is 16.2 Å². The van der Waals surface area contributed by atoms with Gasteiger partial charge in [0.15, 0.2) is 0 Å². The van der Waals surface area contributed by atoms with Crippen LogP contribution in [0.2, 0.25) is 0 Å². The van der Waals surface area contributed by atoms with Crippen molar-refractivity contribution in [2.75, 3.05) is 0 Å². The first-order valence-electron chi connectivity index (χ1n) is 7.93. The molecule has 0 spiro atoms. The molecule has 0 bridgehead atoms. The van der Waals surface area contributed by atoms with Crippen molar-refractivity contribution in [3.05, 3.63) is 35.7 Å². The molecule has 1 aromatic heterocycles. The summed E-state index contributed by atoms with van der Waals surface area (Å²) in [5, 5.41) is 10.7. The molecule has 1 amide bonds. The van der Waals surface area contributed by atoms with E-state index in [2.05, 4.69) is 20.6 Å².